The minimum absolute atomic E-state index is 0.0936. The summed E-state index contributed by atoms with van der Waals surface area (Å²) >= 11 is 1.55. The molecular formula is C18H20N2O3S2. The van der Waals surface area contributed by atoms with Crippen molar-refractivity contribution in [3.05, 3.63) is 48.0 Å². The van der Waals surface area contributed by atoms with E-state index in [4.69, 9.17) is 0 Å². The Morgan fingerprint density at radius 1 is 1.20 bits per heavy atom. The van der Waals surface area contributed by atoms with Gasteiger partial charge in [0.05, 0.1) is 10.6 Å². The summed E-state index contributed by atoms with van der Waals surface area (Å²) in [5, 5.41) is 2.81. The van der Waals surface area contributed by atoms with Gasteiger partial charge in [0.25, 0.3) is 10.0 Å². The number of hydrogen-bond donors (Lipinski definition) is 2. The average molecular weight is 377 g/mol. The normalized spacial score (nSPS) is 17.4. The molecule has 0 fully saturated rings. The maximum atomic E-state index is 12.6. The number of fused-ring (bicyclic) bond motifs is 1. The molecule has 2 aromatic rings. The second-order valence-electron chi connectivity index (χ2n) is 6.02. The van der Waals surface area contributed by atoms with Gasteiger partial charge in [-0.1, -0.05) is 26.0 Å². The highest BCUT2D eigenvalue weighted by Gasteiger charge is 2.23. The van der Waals surface area contributed by atoms with E-state index >= 15 is 0 Å². The molecular weight excluding hydrogens is 356 g/mol. The van der Waals surface area contributed by atoms with Crippen LogP contribution < -0.4 is 10.0 Å². The van der Waals surface area contributed by atoms with E-state index in [9.17, 15) is 13.2 Å². The van der Waals surface area contributed by atoms with Gasteiger partial charge in [0.15, 0.2) is 0 Å². The first kappa shape index (κ1) is 17.8. The van der Waals surface area contributed by atoms with E-state index < -0.39 is 10.0 Å². The molecule has 1 aliphatic rings. The van der Waals surface area contributed by atoms with Crippen LogP contribution in [0.25, 0.3) is 0 Å². The molecule has 2 N–H and O–H groups in total. The lowest BCUT2D eigenvalue weighted by Crippen LogP contribution is -2.20. The van der Waals surface area contributed by atoms with E-state index in [1.165, 1.54) is 6.07 Å². The summed E-state index contributed by atoms with van der Waals surface area (Å²) in [6, 6.07) is 12.1. The molecule has 132 valence electrons. The molecule has 2 aromatic carbocycles. The summed E-state index contributed by atoms with van der Waals surface area (Å²) < 4.78 is 27.9. The minimum atomic E-state index is -3.72. The van der Waals surface area contributed by atoms with Crippen molar-refractivity contribution >= 4 is 39.1 Å². The fourth-order valence-corrected chi connectivity index (χ4v) is 4.56. The molecule has 5 nitrogen and oxygen atoms in total. The fraction of sp³-hybridized carbons (Fsp3) is 0.278. The van der Waals surface area contributed by atoms with Crippen molar-refractivity contribution in [3.63, 3.8) is 0 Å². The van der Waals surface area contributed by atoms with Crippen molar-refractivity contribution in [2.45, 2.75) is 30.1 Å². The number of thioether (sulfide) groups is 1. The Morgan fingerprint density at radius 3 is 2.60 bits per heavy atom. The van der Waals surface area contributed by atoms with Crippen LogP contribution in [-0.2, 0) is 21.2 Å². The van der Waals surface area contributed by atoms with Crippen molar-refractivity contribution in [1.82, 2.24) is 0 Å². The number of carbonyl (C=O) groups is 1. The molecule has 1 aliphatic heterocycles. The maximum Gasteiger partial charge on any atom is 0.261 e. The van der Waals surface area contributed by atoms with Gasteiger partial charge < -0.3 is 5.32 Å². The van der Waals surface area contributed by atoms with Crippen molar-refractivity contribution in [1.29, 1.82) is 0 Å². The number of hydrogen-bond acceptors (Lipinski definition) is 4. The zero-order valence-corrected chi connectivity index (χ0v) is 15.7. The summed E-state index contributed by atoms with van der Waals surface area (Å²) in [6.45, 7) is 3.90. The minimum Gasteiger partial charge on any atom is -0.325 e. The Morgan fingerprint density at radius 2 is 1.92 bits per heavy atom. The van der Waals surface area contributed by atoms with Crippen molar-refractivity contribution in [3.8, 4) is 0 Å². The van der Waals surface area contributed by atoms with E-state index in [0.29, 0.717) is 17.1 Å². The standard InChI is InChI=1S/C18H20N2O3S2/c1-3-13-4-6-14(7-5-13)20-25(22,23)15-8-9-17-16(10-15)19-18(21)12(2)11-24-17/h4-10,12,20H,3,11H2,1-2H3,(H,19,21)/t12-/m0/s1. The molecule has 1 heterocycles. The lowest BCUT2D eigenvalue weighted by Gasteiger charge is -2.12. The molecule has 0 spiro atoms. The summed E-state index contributed by atoms with van der Waals surface area (Å²) in [5.74, 6) is 0.462. The molecule has 0 unspecified atom stereocenters. The van der Waals surface area contributed by atoms with Gasteiger partial charge in [-0.3, -0.25) is 9.52 Å². The van der Waals surface area contributed by atoms with Crippen LogP contribution in [-0.4, -0.2) is 20.1 Å². The molecule has 0 aromatic heterocycles. The number of anilines is 2. The van der Waals surface area contributed by atoms with Gasteiger partial charge in [0.2, 0.25) is 5.91 Å². The largest absolute Gasteiger partial charge is 0.325 e. The number of amides is 1. The van der Waals surface area contributed by atoms with Crippen molar-refractivity contribution in [2.24, 2.45) is 5.92 Å². The predicted octanol–water partition coefficient (Wildman–Crippen LogP) is 3.73. The highest BCUT2D eigenvalue weighted by Crippen LogP contribution is 2.34. The molecule has 0 bridgehead atoms. The highest BCUT2D eigenvalue weighted by molar-refractivity contribution is 7.99. The van der Waals surface area contributed by atoms with Crippen molar-refractivity contribution < 1.29 is 13.2 Å². The summed E-state index contributed by atoms with van der Waals surface area (Å²) in [7, 11) is -3.72. The van der Waals surface area contributed by atoms with E-state index in [1.807, 2.05) is 26.0 Å². The lowest BCUT2D eigenvalue weighted by molar-refractivity contribution is -0.118. The Labute approximate surface area is 152 Å². The molecule has 7 heteroatoms. The van der Waals surface area contributed by atoms with Gasteiger partial charge in [-0.2, -0.15) is 0 Å². The lowest BCUT2D eigenvalue weighted by atomic mass is 10.2. The second kappa shape index (κ2) is 7.09. The topological polar surface area (TPSA) is 75.3 Å². The molecule has 0 saturated carbocycles. The van der Waals surface area contributed by atoms with E-state index in [2.05, 4.69) is 10.0 Å². The van der Waals surface area contributed by atoms with Crippen LogP contribution in [0.1, 0.15) is 19.4 Å². The van der Waals surface area contributed by atoms with Crippen LogP contribution >= 0.6 is 11.8 Å². The molecule has 1 amide bonds. The summed E-state index contributed by atoms with van der Waals surface area (Å²) in [4.78, 5) is 13.0. The zero-order valence-electron chi connectivity index (χ0n) is 14.1. The number of aryl methyl sites for hydroxylation is 1. The average Bonchev–Trinajstić information content (AvgIpc) is 2.74. The van der Waals surface area contributed by atoms with Gasteiger partial charge >= 0.3 is 0 Å². The molecule has 3 rings (SSSR count). The fourth-order valence-electron chi connectivity index (χ4n) is 2.47. The van der Waals surface area contributed by atoms with Crippen molar-refractivity contribution in [2.75, 3.05) is 15.8 Å². The zero-order chi connectivity index (χ0) is 18.0. The number of carbonyl (C=O) groups excluding carboxylic acids is 1. The Hall–Kier alpha value is -1.99. The number of benzene rings is 2. The third kappa shape index (κ3) is 3.99. The molecule has 0 radical (unpaired) electrons. The van der Waals surface area contributed by atoms with Gasteiger partial charge in [-0.25, -0.2) is 8.42 Å². The second-order valence-corrected chi connectivity index (χ2v) is 8.76. The molecule has 0 saturated heterocycles. The van der Waals surface area contributed by atoms with Gasteiger partial charge in [-0.05, 0) is 42.3 Å². The van der Waals surface area contributed by atoms with Gasteiger partial charge in [0.1, 0.15) is 0 Å². The molecule has 1 atom stereocenters. The maximum absolute atomic E-state index is 12.6. The third-order valence-electron chi connectivity index (χ3n) is 4.07. The van der Waals surface area contributed by atoms with E-state index in [1.54, 1.807) is 36.0 Å². The summed E-state index contributed by atoms with van der Waals surface area (Å²) in [5.41, 5.74) is 2.20. The van der Waals surface area contributed by atoms with Crippen LogP contribution in [0.15, 0.2) is 52.3 Å². The number of sulfonamides is 1. The third-order valence-corrected chi connectivity index (χ3v) is 6.78. The molecule has 25 heavy (non-hydrogen) atoms. The Kier molecular flexibility index (Phi) is 5.06. The summed E-state index contributed by atoms with van der Waals surface area (Å²) in [6.07, 6.45) is 0.896. The smallest absolute Gasteiger partial charge is 0.261 e. The Bertz CT molecular complexity index is 893. The Balaban J connectivity index is 1.87. The van der Waals surface area contributed by atoms with E-state index in [0.717, 1.165) is 16.9 Å². The first-order chi connectivity index (χ1) is 11.9. The van der Waals surface area contributed by atoms with Crippen LogP contribution in [0.5, 0.6) is 0 Å². The van der Waals surface area contributed by atoms with Crippen LogP contribution in [0, 0.1) is 5.92 Å². The van der Waals surface area contributed by atoms with Gasteiger partial charge in [-0.15, -0.1) is 11.8 Å². The predicted molar refractivity (Wildman–Crippen MR) is 102 cm³/mol. The SMILES string of the molecule is CCc1ccc(NS(=O)(=O)c2ccc3c(c2)NC(=O)[C@@H](C)CS3)cc1. The quantitative estimate of drug-likeness (QED) is 0.853. The monoisotopic (exact) mass is 376 g/mol. The van der Waals surface area contributed by atoms with E-state index in [-0.39, 0.29) is 16.7 Å². The van der Waals surface area contributed by atoms with Crippen LogP contribution in [0.4, 0.5) is 11.4 Å². The van der Waals surface area contributed by atoms with Crippen LogP contribution in [0.3, 0.4) is 0 Å². The number of rotatable bonds is 4. The first-order valence-corrected chi connectivity index (χ1v) is 10.6. The highest BCUT2D eigenvalue weighted by atomic mass is 32.2. The van der Waals surface area contributed by atoms with Crippen LogP contribution in [0.2, 0.25) is 0 Å². The van der Waals surface area contributed by atoms with Gasteiger partial charge in [0, 0.05) is 22.3 Å². The first-order valence-electron chi connectivity index (χ1n) is 8.08. The number of nitrogens with one attached hydrogen (secondary N) is 2. The molecule has 0 aliphatic carbocycles.